The maximum absolute atomic E-state index is 4.68. The van der Waals surface area contributed by atoms with E-state index in [9.17, 15) is 0 Å². The normalized spacial score (nSPS) is 11.3. The number of rotatable bonds is 10. The fourth-order valence-corrected chi connectivity index (χ4v) is 3.26. The number of hydrogen-bond donors (Lipinski definition) is 2. The number of anilines is 2. The van der Waals surface area contributed by atoms with Crippen LogP contribution < -0.4 is 10.6 Å². The summed E-state index contributed by atoms with van der Waals surface area (Å²) in [7, 11) is 0. The molecule has 0 unspecified atom stereocenters. The van der Waals surface area contributed by atoms with Gasteiger partial charge in [-0.15, -0.1) is 0 Å². The van der Waals surface area contributed by atoms with Gasteiger partial charge < -0.3 is 15.5 Å². The average molecular weight is 432 g/mol. The Hall–Kier alpha value is -2.19. The van der Waals surface area contributed by atoms with Gasteiger partial charge in [-0.05, 0) is 53.6 Å². The zero-order valence-corrected chi connectivity index (χ0v) is 17.4. The zero-order valence-electron chi connectivity index (χ0n) is 15.8. The van der Waals surface area contributed by atoms with Crippen molar-refractivity contribution in [2.75, 3.05) is 36.8 Å². The van der Waals surface area contributed by atoms with E-state index < -0.39 is 0 Å². The molecule has 0 bridgehead atoms. The Balaban J connectivity index is 1.69. The maximum Gasteiger partial charge on any atom is 0.173 e. The van der Waals surface area contributed by atoms with Gasteiger partial charge in [0.1, 0.15) is 11.6 Å². The molecule has 3 aromatic rings. The molecule has 3 heterocycles. The largest absolute Gasteiger partial charge is 0.370 e. The Bertz CT molecular complexity index is 846. The molecule has 3 rings (SSSR count). The number of nitrogens with zero attached hydrogens (tertiary/aromatic N) is 5. The average Bonchev–Trinajstić information content (AvgIpc) is 3.08. The summed E-state index contributed by atoms with van der Waals surface area (Å²) in [4.78, 5) is 11.3. The van der Waals surface area contributed by atoms with E-state index in [-0.39, 0.29) is 0 Å². The van der Waals surface area contributed by atoms with Crippen LogP contribution >= 0.6 is 15.9 Å². The van der Waals surface area contributed by atoms with Crippen molar-refractivity contribution in [1.29, 1.82) is 0 Å². The van der Waals surface area contributed by atoms with Gasteiger partial charge in [0.15, 0.2) is 5.65 Å². The van der Waals surface area contributed by atoms with Crippen molar-refractivity contribution in [1.82, 2.24) is 24.5 Å². The quantitative estimate of drug-likeness (QED) is 0.477. The molecule has 0 atom stereocenters. The minimum atomic E-state index is 0.672. The van der Waals surface area contributed by atoms with Crippen molar-refractivity contribution < 1.29 is 0 Å². The molecule has 8 heteroatoms. The van der Waals surface area contributed by atoms with E-state index in [1.807, 2.05) is 28.9 Å². The molecule has 0 saturated heterocycles. The second-order valence-corrected chi connectivity index (χ2v) is 7.13. The van der Waals surface area contributed by atoms with Gasteiger partial charge >= 0.3 is 0 Å². The number of halogens is 1. The summed E-state index contributed by atoms with van der Waals surface area (Å²) in [5.41, 5.74) is 1.90. The van der Waals surface area contributed by atoms with E-state index in [1.165, 1.54) is 0 Å². The highest BCUT2D eigenvalue weighted by Gasteiger charge is 2.10. The summed E-state index contributed by atoms with van der Waals surface area (Å²) in [6.07, 6.45) is 6.48. The highest BCUT2D eigenvalue weighted by Crippen LogP contribution is 2.22. The van der Waals surface area contributed by atoms with Gasteiger partial charge in [0.05, 0.1) is 10.7 Å². The Labute approximate surface area is 168 Å². The molecule has 3 aromatic heterocycles. The lowest BCUT2D eigenvalue weighted by molar-refractivity contribution is 0.303. The molecule has 0 amide bonds. The first kappa shape index (κ1) is 19.6. The van der Waals surface area contributed by atoms with E-state index in [0.717, 1.165) is 59.9 Å². The zero-order chi connectivity index (χ0) is 19.1. The smallest absolute Gasteiger partial charge is 0.173 e. The van der Waals surface area contributed by atoms with Gasteiger partial charge in [-0.3, -0.25) is 4.98 Å². The Kier molecular flexibility index (Phi) is 7.00. The van der Waals surface area contributed by atoms with Gasteiger partial charge in [0, 0.05) is 31.5 Å². The Morgan fingerprint density at radius 2 is 2.04 bits per heavy atom. The first-order valence-electron chi connectivity index (χ1n) is 9.34. The summed E-state index contributed by atoms with van der Waals surface area (Å²) >= 11 is 3.53. The summed E-state index contributed by atoms with van der Waals surface area (Å²) in [6.45, 7) is 9.22. The molecule has 0 fully saturated rings. The number of pyridine rings is 1. The number of nitrogens with one attached hydrogen (secondary N) is 2. The van der Waals surface area contributed by atoms with Crippen LogP contribution in [0.3, 0.4) is 0 Å². The number of fused-ring (bicyclic) bond motifs is 1. The molecule has 7 nitrogen and oxygen atoms in total. The molecule has 0 aliphatic heterocycles. The van der Waals surface area contributed by atoms with Crippen LogP contribution in [0.25, 0.3) is 5.65 Å². The van der Waals surface area contributed by atoms with Gasteiger partial charge in [-0.1, -0.05) is 19.9 Å². The van der Waals surface area contributed by atoms with Crippen LogP contribution in [0.5, 0.6) is 0 Å². The predicted molar refractivity (Wildman–Crippen MR) is 113 cm³/mol. The van der Waals surface area contributed by atoms with Crippen LogP contribution in [-0.4, -0.2) is 50.7 Å². The predicted octanol–water partition coefficient (Wildman–Crippen LogP) is 3.64. The number of aromatic nitrogens is 4. The fraction of sp³-hybridized carbons (Fsp3) is 0.421. The first-order chi connectivity index (χ1) is 13.2. The van der Waals surface area contributed by atoms with E-state index in [2.05, 4.69) is 60.4 Å². The molecule has 144 valence electrons. The minimum Gasteiger partial charge on any atom is -0.370 e. The van der Waals surface area contributed by atoms with Crippen molar-refractivity contribution in [3.63, 3.8) is 0 Å². The van der Waals surface area contributed by atoms with Gasteiger partial charge in [0.25, 0.3) is 0 Å². The molecular formula is C19H26BrN7. The highest BCUT2D eigenvalue weighted by atomic mass is 79.9. The third-order valence-electron chi connectivity index (χ3n) is 4.48. The molecule has 27 heavy (non-hydrogen) atoms. The van der Waals surface area contributed by atoms with Crippen LogP contribution in [0.4, 0.5) is 11.6 Å². The van der Waals surface area contributed by atoms with Gasteiger partial charge in [0.2, 0.25) is 0 Å². The summed E-state index contributed by atoms with van der Waals surface area (Å²) in [6, 6.07) is 5.98. The Morgan fingerprint density at radius 3 is 2.78 bits per heavy atom. The van der Waals surface area contributed by atoms with Crippen molar-refractivity contribution >= 4 is 33.2 Å². The molecule has 0 aromatic carbocycles. The third-order valence-corrected chi connectivity index (χ3v) is 5.04. The first-order valence-corrected chi connectivity index (χ1v) is 10.1. The van der Waals surface area contributed by atoms with Crippen molar-refractivity contribution in [3.05, 3.63) is 46.8 Å². The van der Waals surface area contributed by atoms with Crippen LogP contribution in [0, 0.1) is 0 Å². The third kappa shape index (κ3) is 5.17. The fourth-order valence-electron chi connectivity index (χ4n) is 2.91. The van der Waals surface area contributed by atoms with Crippen LogP contribution in [0.15, 0.2) is 41.3 Å². The molecular weight excluding hydrogens is 406 g/mol. The minimum absolute atomic E-state index is 0.672. The maximum atomic E-state index is 4.68. The standard InChI is InChI=1S/C19H26BrN7/c1-3-26(4-2)10-6-9-22-17-11-18(23-13-15-7-5-8-21-12-15)27-19(25-17)16(20)14-24-27/h5,7-8,11-12,14,23H,3-4,6,9-10,13H2,1-2H3,(H,22,25). The van der Waals surface area contributed by atoms with Crippen molar-refractivity contribution in [2.24, 2.45) is 0 Å². The lowest BCUT2D eigenvalue weighted by Gasteiger charge is -2.18. The van der Waals surface area contributed by atoms with E-state index >= 15 is 0 Å². The van der Waals surface area contributed by atoms with Crippen molar-refractivity contribution in [2.45, 2.75) is 26.8 Å². The van der Waals surface area contributed by atoms with Crippen LogP contribution in [0.1, 0.15) is 25.8 Å². The summed E-state index contributed by atoms with van der Waals surface area (Å²) in [5, 5.41) is 11.3. The molecule has 0 saturated carbocycles. The summed E-state index contributed by atoms with van der Waals surface area (Å²) in [5.74, 6) is 1.73. The SMILES string of the molecule is CCN(CC)CCCNc1cc(NCc2cccnc2)n2ncc(Br)c2n1. The van der Waals surface area contributed by atoms with E-state index in [0.29, 0.717) is 6.54 Å². The molecule has 0 spiro atoms. The lowest BCUT2D eigenvalue weighted by atomic mass is 10.3. The second-order valence-electron chi connectivity index (χ2n) is 6.28. The highest BCUT2D eigenvalue weighted by molar-refractivity contribution is 9.10. The molecule has 0 radical (unpaired) electrons. The van der Waals surface area contributed by atoms with Gasteiger partial charge in [-0.2, -0.15) is 9.61 Å². The second kappa shape index (κ2) is 9.66. The van der Waals surface area contributed by atoms with Gasteiger partial charge in [-0.25, -0.2) is 4.98 Å². The van der Waals surface area contributed by atoms with E-state index in [1.54, 1.807) is 12.4 Å². The van der Waals surface area contributed by atoms with Crippen molar-refractivity contribution in [3.8, 4) is 0 Å². The lowest BCUT2D eigenvalue weighted by Crippen LogP contribution is -2.25. The number of hydrogen-bond acceptors (Lipinski definition) is 6. The monoisotopic (exact) mass is 431 g/mol. The van der Waals surface area contributed by atoms with Crippen LogP contribution in [-0.2, 0) is 6.54 Å². The van der Waals surface area contributed by atoms with Crippen LogP contribution in [0.2, 0.25) is 0 Å². The topological polar surface area (TPSA) is 70.4 Å². The summed E-state index contributed by atoms with van der Waals surface area (Å²) < 4.78 is 2.68. The molecule has 0 aliphatic carbocycles. The molecule has 2 N–H and O–H groups in total. The van der Waals surface area contributed by atoms with E-state index in [4.69, 9.17) is 0 Å². The Morgan fingerprint density at radius 1 is 1.19 bits per heavy atom. The molecule has 0 aliphatic rings.